The lowest BCUT2D eigenvalue weighted by molar-refractivity contribution is -0.137. The molecule has 0 saturated carbocycles. The van der Waals surface area contributed by atoms with Gasteiger partial charge in [-0.15, -0.1) is 0 Å². The Balaban J connectivity index is 1.36. The minimum Gasteiger partial charge on any atom is -0.467 e. The lowest BCUT2D eigenvalue weighted by Gasteiger charge is -2.29. The summed E-state index contributed by atoms with van der Waals surface area (Å²) in [5.74, 6) is 1.27. The number of amides is 3. The molecule has 0 spiro atoms. The maximum absolute atomic E-state index is 13.7. The summed E-state index contributed by atoms with van der Waals surface area (Å²) < 4.78 is 62.5. The Bertz CT molecular complexity index is 1330. The first-order chi connectivity index (χ1) is 19.3. The Labute approximate surface area is 228 Å². The highest BCUT2D eigenvalue weighted by molar-refractivity contribution is 5.93. The fourth-order valence-electron chi connectivity index (χ4n) is 4.63. The highest BCUT2D eigenvalue weighted by Gasteiger charge is 2.34. The van der Waals surface area contributed by atoms with E-state index in [1.807, 2.05) is 0 Å². The van der Waals surface area contributed by atoms with Crippen molar-refractivity contribution >= 4 is 17.6 Å². The number of furan rings is 1. The molecule has 3 heterocycles. The van der Waals surface area contributed by atoms with Gasteiger partial charge in [-0.05, 0) is 54.8 Å². The van der Waals surface area contributed by atoms with Gasteiger partial charge >= 0.3 is 12.2 Å². The predicted molar refractivity (Wildman–Crippen MR) is 137 cm³/mol. The number of fused-ring (bicyclic) bond motifs is 1. The lowest BCUT2D eigenvalue weighted by Crippen LogP contribution is -2.47. The molecule has 0 bridgehead atoms. The van der Waals surface area contributed by atoms with Gasteiger partial charge in [0.15, 0.2) is 11.5 Å². The number of carbonyl (C=O) groups is 2. The summed E-state index contributed by atoms with van der Waals surface area (Å²) in [7, 11) is 0. The first-order valence-corrected chi connectivity index (χ1v) is 12.8. The summed E-state index contributed by atoms with van der Waals surface area (Å²) in [6.45, 7) is 0.572. The van der Waals surface area contributed by atoms with Crippen LogP contribution < -0.4 is 14.8 Å². The molecule has 1 N–H and O–H groups in total. The molecule has 1 aromatic heterocycles. The molecule has 9 nitrogen and oxygen atoms in total. The van der Waals surface area contributed by atoms with Gasteiger partial charge in [0.05, 0.1) is 30.2 Å². The molecule has 40 heavy (non-hydrogen) atoms. The van der Waals surface area contributed by atoms with E-state index in [-0.39, 0.29) is 39.1 Å². The Morgan fingerprint density at radius 1 is 0.975 bits per heavy atom. The number of nitrogens with zero attached hydrogens (tertiary/aromatic N) is 2. The monoisotopic (exact) mass is 559 g/mol. The maximum Gasteiger partial charge on any atom is 0.418 e. The van der Waals surface area contributed by atoms with E-state index in [1.54, 1.807) is 30.3 Å². The van der Waals surface area contributed by atoms with E-state index in [9.17, 15) is 22.8 Å². The molecule has 5 rings (SSSR count). The predicted octanol–water partition coefficient (Wildman–Crippen LogP) is 5.27. The minimum absolute atomic E-state index is 0.0460. The molecule has 2 aliphatic rings. The van der Waals surface area contributed by atoms with E-state index < -0.39 is 29.4 Å². The van der Waals surface area contributed by atoms with Crippen molar-refractivity contribution in [3.63, 3.8) is 0 Å². The van der Waals surface area contributed by atoms with Gasteiger partial charge in [0, 0.05) is 19.7 Å². The zero-order valence-electron chi connectivity index (χ0n) is 21.5. The fourth-order valence-corrected chi connectivity index (χ4v) is 4.63. The van der Waals surface area contributed by atoms with Crippen LogP contribution in [0.15, 0.2) is 65.3 Å². The molecule has 0 aliphatic carbocycles. The second kappa shape index (κ2) is 11.9. The molecule has 1 unspecified atom stereocenters. The van der Waals surface area contributed by atoms with Gasteiger partial charge < -0.3 is 33.7 Å². The number of hydrogen-bond donors (Lipinski definition) is 1. The van der Waals surface area contributed by atoms with Crippen LogP contribution in [0.25, 0.3) is 0 Å². The number of nitrogens with one attached hydrogen (secondary N) is 1. The summed E-state index contributed by atoms with van der Waals surface area (Å²) >= 11 is 0. The second-order valence-electron chi connectivity index (χ2n) is 9.51. The van der Waals surface area contributed by atoms with Crippen molar-refractivity contribution in [2.24, 2.45) is 0 Å². The van der Waals surface area contributed by atoms with E-state index in [0.29, 0.717) is 30.3 Å². The Hall–Kier alpha value is -4.19. The van der Waals surface area contributed by atoms with Crippen LogP contribution in [0.4, 0.5) is 23.7 Å². The first kappa shape index (κ1) is 27.4. The molecule has 2 aromatic carbocycles. The minimum atomic E-state index is -4.66. The molecule has 12 heteroatoms. The van der Waals surface area contributed by atoms with E-state index in [2.05, 4.69) is 5.32 Å². The van der Waals surface area contributed by atoms with Crippen LogP contribution in [0.3, 0.4) is 0 Å². The maximum atomic E-state index is 13.7. The van der Waals surface area contributed by atoms with Crippen LogP contribution in [0.2, 0.25) is 0 Å². The average Bonchev–Trinajstić information content (AvgIpc) is 3.71. The topological polar surface area (TPSA) is 93.5 Å². The van der Waals surface area contributed by atoms with Crippen LogP contribution in [0.1, 0.15) is 29.7 Å². The number of anilines is 1. The lowest BCUT2D eigenvalue weighted by atomic mass is 10.1. The summed E-state index contributed by atoms with van der Waals surface area (Å²) in [5, 5.41) is 2.35. The molecule has 3 aromatic rings. The summed E-state index contributed by atoms with van der Waals surface area (Å²) in [5.41, 5.74) is -0.607. The van der Waals surface area contributed by atoms with Crippen molar-refractivity contribution < 1.29 is 41.4 Å². The number of alkyl halides is 3. The number of benzene rings is 2. The van der Waals surface area contributed by atoms with Crippen LogP contribution >= 0.6 is 0 Å². The van der Waals surface area contributed by atoms with Crippen LogP contribution in [0.5, 0.6) is 11.5 Å². The number of ether oxygens (including phenoxy) is 3. The van der Waals surface area contributed by atoms with Crippen molar-refractivity contribution in [1.29, 1.82) is 0 Å². The van der Waals surface area contributed by atoms with Gasteiger partial charge in [-0.3, -0.25) is 4.79 Å². The summed E-state index contributed by atoms with van der Waals surface area (Å²) in [6.07, 6.45) is -2.04. The molecular weight excluding hydrogens is 531 g/mol. The smallest absolute Gasteiger partial charge is 0.418 e. The quantitative estimate of drug-likeness (QED) is 0.384. The zero-order chi connectivity index (χ0) is 28.1. The van der Waals surface area contributed by atoms with Gasteiger partial charge in [-0.2, -0.15) is 13.2 Å². The number of urea groups is 1. The van der Waals surface area contributed by atoms with Crippen molar-refractivity contribution in [2.45, 2.75) is 38.2 Å². The van der Waals surface area contributed by atoms with Gasteiger partial charge in [-0.25, -0.2) is 4.79 Å². The molecule has 1 atom stereocenters. The van der Waals surface area contributed by atoms with Crippen molar-refractivity contribution in [1.82, 2.24) is 9.80 Å². The molecule has 2 aliphatic heterocycles. The van der Waals surface area contributed by atoms with E-state index >= 15 is 0 Å². The van der Waals surface area contributed by atoms with E-state index in [4.69, 9.17) is 18.6 Å². The van der Waals surface area contributed by atoms with Crippen molar-refractivity contribution in [2.75, 3.05) is 31.8 Å². The molecule has 0 radical (unpaired) electrons. The third-order valence-corrected chi connectivity index (χ3v) is 6.63. The summed E-state index contributed by atoms with van der Waals surface area (Å²) in [4.78, 5) is 29.7. The summed E-state index contributed by atoms with van der Waals surface area (Å²) in [6, 6.07) is 12.6. The highest BCUT2D eigenvalue weighted by atomic mass is 19.4. The molecule has 1 fully saturated rings. The average molecular weight is 560 g/mol. The van der Waals surface area contributed by atoms with Crippen molar-refractivity contribution in [3.8, 4) is 11.5 Å². The SMILES string of the molecule is O=C(CN(CC1CCCO1)C(=O)Nc1ccccc1C(F)(F)F)N(Cc1ccc2c(c1)OCO2)Cc1ccco1. The van der Waals surface area contributed by atoms with Gasteiger partial charge in [0.1, 0.15) is 12.3 Å². The third-order valence-electron chi connectivity index (χ3n) is 6.63. The molecule has 1 saturated heterocycles. The Morgan fingerprint density at radius 3 is 2.55 bits per heavy atom. The molecule has 212 valence electrons. The van der Waals surface area contributed by atoms with Crippen LogP contribution in [-0.4, -0.2) is 54.3 Å². The largest absolute Gasteiger partial charge is 0.467 e. The van der Waals surface area contributed by atoms with Crippen LogP contribution in [-0.2, 0) is 28.8 Å². The van der Waals surface area contributed by atoms with Gasteiger partial charge in [0.25, 0.3) is 0 Å². The number of hydrogen-bond acceptors (Lipinski definition) is 6. The standard InChI is InChI=1S/C28H28F3N3O6/c29-28(30,31)22-7-1-2-8-23(22)32-27(36)34(16-21-6-4-12-38-21)17-26(35)33(15-20-5-3-11-37-20)14-19-9-10-24-25(13-19)40-18-39-24/h1-3,5,7-11,13,21H,4,6,12,14-18H2,(H,32,36). The Kier molecular flexibility index (Phi) is 8.15. The van der Waals surface area contributed by atoms with E-state index in [1.165, 1.54) is 34.3 Å². The van der Waals surface area contributed by atoms with Gasteiger partial charge in [0.2, 0.25) is 12.7 Å². The van der Waals surface area contributed by atoms with E-state index in [0.717, 1.165) is 18.1 Å². The Morgan fingerprint density at radius 2 is 1.80 bits per heavy atom. The first-order valence-electron chi connectivity index (χ1n) is 12.8. The number of carbonyl (C=O) groups excluding carboxylic acids is 2. The normalized spacial score (nSPS) is 16.1. The van der Waals surface area contributed by atoms with Crippen molar-refractivity contribution in [3.05, 3.63) is 77.7 Å². The molecular formula is C28H28F3N3O6. The van der Waals surface area contributed by atoms with Gasteiger partial charge in [-0.1, -0.05) is 18.2 Å². The second-order valence-corrected chi connectivity index (χ2v) is 9.51. The third kappa shape index (κ3) is 6.68. The molecule has 3 amide bonds. The van der Waals surface area contributed by atoms with Crippen LogP contribution in [0, 0.1) is 0 Å². The fraction of sp³-hybridized carbons (Fsp3) is 0.357. The number of rotatable bonds is 9. The number of para-hydroxylation sites is 1. The zero-order valence-corrected chi connectivity index (χ0v) is 21.5. The highest BCUT2D eigenvalue weighted by Crippen LogP contribution is 2.35. The number of halogens is 3.